The van der Waals surface area contributed by atoms with Gasteiger partial charge in [0.25, 0.3) is 0 Å². The quantitative estimate of drug-likeness (QED) is 0.791. The summed E-state index contributed by atoms with van der Waals surface area (Å²) in [4.78, 5) is 41.5. The maximum Gasteiger partial charge on any atom is 0.411 e. The lowest BCUT2D eigenvalue weighted by molar-refractivity contribution is -0.121. The summed E-state index contributed by atoms with van der Waals surface area (Å²) in [7, 11) is 0. The molecule has 7 nitrogen and oxygen atoms in total. The molecule has 23 heavy (non-hydrogen) atoms. The molecule has 0 radical (unpaired) electrons. The average molecular weight is 384 g/mol. The van der Waals surface area contributed by atoms with Gasteiger partial charge in [-0.1, -0.05) is 6.07 Å². The number of halogens is 1. The summed E-state index contributed by atoms with van der Waals surface area (Å²) in [6.45, 7) is 5.05. The zero-order valence-corrected chi connectivity index (χ0v) is 14.7. The number of carbonyl (C=O) groups excluding carboxylic acids is 3. The van der Waals surface area contributed by atoms with Gasteiger partial charge in [-0.2, -0.15) is 0 Å². The first-order valence-corrected chi connectivity index (χ1v) is 7.90. The van der Waals surface area contributed by atoms with Gasteiger partial charge in [-0.15, -0.1) is 0 Å². The van der Waals surface area contributed by atoms with E-state index in [2.05, 4.69) is 26.2 Å². The van der Waals surface area contributed by atoms with Crippen LogP contribution in [0.5, 0.6) is 0 Å². The number of ketones is 1. The second kappa shape index (κ2) is 6.66. The van der Waals surface area contributed by atoms with Gasteiger partial charge < -0.3 is 10.1 Å². The number of Topliss-reactive ketones (excluding diaryl/α,β-unsaturated/α-hetero) is 1. The number of nitrogens with zero attached hydrogens (tertiary/aromatic N) is 2. The van der Waals surface area contributed by atoms with Gasteiger partial charge in [0.05, 0.1) is 6.54 Å². The number of ether oxygens (including phenoxy) is 1. The van der Waals surface area contributed by atoms with Crippen LogP contribution < -0.4 is 5.32 Å². The second-order valence-corrected chi connectivity index (χ2v) is 7.01. The van der Waals surface area contributed by atoms with Crippen molar-refractivity contribution in [1.82, 2.24) is 9.88 Å². The van der Waals surface area contributed by atoms with Crippen LogP contribution in [-0.4, -0.2) is 45.9 Å². The van der Waals surface area contributed by atoms with Crippen molar-refractivity contribution in [3.8, 4) is 0 Å². The third-order valence-corrected chi connectivity index (χ3v) is 3.48. The molecule has 1 N–H and O–H groups in total. The summed E-state index contributed by atoms with van der Waals surface area (Å²) in [5, 5.41) is 2.61. The van der Waals surface area contributed by atoms with Gasteiger partial charge in [-0.3, -0.25) is 14.5 Å². The van der Waals surface area contributed by atoms with Gasteiger partial charge in [0.1, 0.15) is 22.1 Å². The van der Waals surface area contributed by atoms with E-state index in [-0.39, 0.29) is 18.7 Å². The van der Waals surface area contributed by atoms with E-state index < -0.39 is 23.6 Å². The number of hydrogen-bond donors (Lipinski definition) is 1. The third-order valence-electron chi connectivity index (χ3n) is 3.04. The van der Waals surface area contributed by atoms with Crippen LogP contribution in [0, 0.1) is 0 Å². The van der Waals surface area contributed by atoms with Crippen LogP contribution in [0.4, 0.5) is 10.6 Å². The number of rotatable bonds is 2. The highest BCUT2D eigenvalue weighted by molar-refractivity contribution is 9.10. The largest absolute Gasteiger partial charge is 0.444 e. The van der Waals surface area contributed by atoms with Crippen LogP contribution in [0.25, 0.3) is 0 Å². The first-order chi connectivity index (χ1) is 10.7. The molecule has 1 fully saturated rings. The Morgan fingerprint density at radius 2 is 2.09 bits per heavy atom. The van der Waals surface area contributed by atoms with Gasteiger partial charge in [0.15, 0.2) is 5.78 Å². The van der Waals surface area contributed by atoms with Crippen LogP contribution in [0.1, 0.15) is 27.2 Å². The molecule has 2 amide bonds. The molecule has 0 spiro atoms. The monoisotopic (exact) mass is 383 g/mol. The molecule has 0 bridgehead atoms. The van der Waals surface area contributed by atoms with E-state index in [1.54, 1.807) is 39.0 Å². The van der Waals surface area contributed by atoms with E-state index in [4.69, 9.17) is 4.74 Å². The molecular formula is C15H18BrN3O4. The number of aromatic nitrogens is 1. The van der Waals surface area contributed by atoms with Gasteiger partial charge in [0, 0.05) is 6.42 Å². The minimum atomic E-state index is -0.891. The third kappa shape index (κ3) is 4.75. The Labute approximate surface area is 142 Å². The second-order valence-electron chi connectivity index (χ2n) is 6.20. The summed E-state index contributed by atoms with van der Waals surface area (Å²) in [6.07, 6.45) is -0.704. The van der Waals surface area contributed by atoms with Crippen molar-refractivity contribution in [2.24, 2.45) is 0 Å². The van der Waals surface area contributed by atoms with Crippen LogP contribution in [0.2, 0.25) is 0 Å². The summed E-state index contributed by atoms with van der Waals surface area (Å²) >= 11 is 3.21. The fourth-order valence-corrected chi connectivity index (χ4v) is 2.47. The van der Waals surface area contributed by atoms with Crippen molar-refractivity contribution in [1.29, 1.82) is 0 Å². The maximum absolute atomic E-state index is 12.4. The van der Waals surface area contributed by atoms with E-state index in [1.165, 1.54) is 0 Å². The first-order valence-electron chi connectivity index (χ1n) is 7.10. The van der Waals surface area contributed by atoms with Crippen molar-refractivity contribution >= 4 is 39.5 Å². The van der Waals surface area contributed by atoms with E-state index >= 15 is 0 Å². The van der Waals surface area contributed by atoms with Crippen molar-refractivity contribution in [2.45, 2.75) is 38.8 Å². The molecular weight excluding hydrogens is 366 g/mol. The van der Waals surface area contributed by atoms with Crippen LogP contribution >= 0.6 is 15.9 Å². The molecule has 8 heteroatoms. The smallest absolute Gasteiger partial charge is 0.411 e. The van der Waals surface area contributed by atoms with E-state index in [0.29, 0.717) is 10.4 Å². The molecule has 1 atom stereocenters. The van der Waals surface area contributed by atoms with Crippen LogP contribution in [0.3, 0.4) is 0 Å². The molecule has 1 aromatic rings. The number of hydrogen-bond acceptors (Lipinski definition) is 5. The average Bonchev–Trinajstić information content (AvgIpc) is 2.79. The minimum absolute atomic E-state index is 0.0287. The Kier molecular flexibility index (Phi) is 5.03. The zero-order chi connectivity index (χ0) is 17.2. The maximum atomic E-state index is 12.4. The summed E-state index contributed by atoms with van der Waals surface area (Å²) < 4.78 is 5.82. The summed E-state index contributed by atoms with van der Waals surface area (Å²) in [5.41, 5.74) is -0.699. The molecule has 2 rings (SSSR count). The molecule has 0 aromatic carbocycles. The summed E-state index contributed by atoms with van der Waals surface area (Å²) in [6, 6.07) is 4.18. The molecule has 2 heterocycles. The summed E-state index contributed by atoms with van der Waals surface area (Å²) in [5.74, 6) is -0.307. The topological polar surface area (TPSA) is 88.6 Å². The van der Waals surface area contributed by atoms with Crippen LogP contribution in [-0.2, 0) is 14.3 Å². The van der Waals surface area contributed by atoms with E-state index in [0.717, 1.165) is 4.90 Å². The van der Waals surface area contributed by atoms with Crippen molar-refractivity contribution in [3.05, 3.63) is 22.8 Å². The van der Waals surface area contributed by atoms with Crippen molar-refractivity contribution in [2.75, 3.05) is 11.9 Å². The lowest BCUT2D eigenvalue weighted by Crippen LogP contribution is -2.45. The lowest BCUT2D eigenvalue weighted by atomic mass is 10.2. The highest BCUT2D eigenvalue weighted by Gasteiger charge is 2.40. The number of carbonyl (C=O) groups is 3. The predicted molar refractivity (Wildman–Crippen MR) is 86.9 cm³/mol. The predicted octanol–water partition coefficient (Wildman–Crippen LogP) is 2.36. The minimum Gasteiger partial charge on any atom is -0.444 e. The van der Waals surface area contributed by atoms with Gasteiger partial charge in [-0.25, -0.2) is 9.78 Å². The Morgan fingerprint density at radius 1 is 1.39 bits per heavy atom. The Bertz CT molecular complexity index is 642. The number of nitrogens with one attached hydrogen (secondary N) is 1. The fourth-order valence-electron chi connectivity index (χ4n) is 2.12. The molecule has 0 saturated carbocycles. The standard InChI is InChI=1S/C15H18BrN3O4/c1-15(2,3)23-14(22)19-8-9(20)7-10(19)13(21)18-12-6-4-5-11(16)17-12/h4-6,10H,7-8H2,1-3H3,(H,17,18,21)/t10-/m1/s1. The highest BCUT2D eigenvalue weighted by Crippen LogP contribution is 2.20. The Hall–Kier alpha value is -1.96. The Morgan fingerprint density at radius 3 is 2.70 bits per heavy atom. The van der Waals surface area contributed by atoms with Crippen molar-refractivity contribution in [3.63, 3.8) is 0 Å². The molecule has 1 saturated heterocycles. The first kappa shape index (κ1) is 17.4. The number of amides is 2. The molecule has 1 aromatic heterocycles. The molecule has 1 aliphatic rings. The SMILES string of the molecule is CC(C)(C)OC(=O)N1CC(=O)C[C@@H]1C(=O)Nc1cccc(Br)n1. The lowest BCUT2D eigenvalue weighted by Gasteiger charge is -2.27. The van der Waals surface area contributed by atoms with Gasteiger partial charge in [-0.05, 0) is 48.8 Å². The normalized spacial score (nSPS) is 18.0. The molecule has 0 unspecified atom stereocenters. The molecule has 124 valence electrons. The van der Waals surface area contributed by atoms with Gasteiger partial charge >= 0.3 is 6.09 Å². The number of likely N-dealkylation sites (tertiary alicyclic amines) is 1. The molecule has 0 aliphatic carbocycles. The molecule has 1 aliphatic heterocycles. The van der Waals surface area contributed by atoms with Crippen LogP contribution in [0.15, 0.2) is 22.8 Å². The van der Waals surface area contributed by atoms with Gasteiger partial charge in [0.2, 0.25) is 5.91 Å². The van der Waals surface area contributed by atoms with E-state index in [1.807, 2.05) is 0 Å². The number of pyridine rings is 1. The number of anilines is 1. The zero-order valence-electron chi connectivity index (χ0n) is 13.1. The Balaban J connectivity index is 2.10. The van der Waals surface area contributed by atoms with E-state index in [9.17, 15) is 14.4 Å². The fraction of sp³-hybridized carbons (Fsp3) is 0.467. The highest BCUT2D eigenvalue weighted by atomic mass is 79.9. The van der Waals surface area contributed by atoms with Crippen molar-refractivity contribution < 1.29 is 19.1 Å².